The lowest BCUT2D eigenvalue weighted by molar-refractivity contribution is -0.167. The lowest BCUT2D eigenvalue weighted by Crippen LogP contribution is -2.30. The van der Waals surface area contributed by atoms with Gasteiger partial charge in [-0.2, -0.15) is 0 Å². The van der Waals surface area contributed by atoms with E-state index < -0.39 is 6.10 Å². The van der Waals surface area contributed by atoms with Crippen LogP contribution in [0, 0.1) is 0 Å². The molecule has 0 aliphatic heterocycles. The number of unbranched alkanes of at least 4 members (excludes halogenated alkanes) is 23. The van der Waals surface area contributed by atoms with Gasteiger partial charge in [-0.25, -0.2) is 0 Å². The zero-order valence-electron chi connectivity index (χ0n) is 53.7. The van der Waals surface area contributed by atoms with E-state index in [2.05, 4.69) is 179 Å². The molecule has 0 saturated heterocycles. The van der Waals surface area contributed by atoms with Gasteiger partial charge in [-0.3, -0.25) is 14.4 Å². The normalized spacial score (nSPS) is 13.1. The highest BCUT2D eigenvalue weighted by molar-refractivity contribution is 5.71. The van der Waals surface area contributed by atoms with Crippen LogP contribution in [0.3, 0.4) is 0 Å². The van der Waals surface area contributed by atoms with Crippen molar-refractivity contribution in [3.63, 3.8) is 0 Å². The van der Waals surface area contributed by atoms with E-state index in [1.807, 2.05) is 0 Å². The van der Waals surface area contributed by atoms with Crippen molar-refractivity contribution >= 4 is 17.9 Å². The van der Waals surface area contributed by atoms with Crippen LogP contribution >= 0.6 is 0 Å². The van der Waals surface area contributed by atoms with E-state index in [4.69, 9.17) is 14.2 Å². The van der Waals surface area contributed by atoms with E-state index in [0.717, 1.165) is 161 Å². The molecule has 0 aromatic carbocycles. The summed E-state index contributed by atoms with van der Waals surface area (Å²) in [5, 5.41) is 0. The molecule has 0 radical (unpaired) electrons. The van der Waals surface area contributed by atoms with Crippen LogP contribution in [-0.2, 0) is 28.6 Å². The first-order valence-corrected chi connectivity index (χ1v) is 34.0. The van der Waals surface area contributed by atoms with Crippen molar-refractivity contribution in [2.24, 2.45) is 0 Å². The van der Waals surface area contributed by atoms with Gasteiger partial charge in [0, 0.05) is 19.3 Å². The number of carbonyl (C=O) groups excluding carboxylic acids is 3. The van der Waals surface area contributed by atoms with E-state index >= 15 is 0 Å². The van der Waals surface area contributed by atoms with Crippen molar-refractivity contribution in [1.82, 2.24) is 0 Å². The molecule has 468 valence electrons. The molecule has 0 spiro atoms. The van der Waals surface area contributed by atoms with Crippen molar-refractivity contribution in [3.8, 4) is 0 Å². The van der Waals surface area contributed by atoms with E-state index in [0.29, 0.717) is 19.3 Å². The first-order chi connectivity index (χ1) is 41.0. The van der Waals surface area contributed by atoms with Crippen LogP contribution in [0.2, 0.25) is 0 Å². The van der Waals surface area contributed by atoms with Crippen LogP contribution in [0.25, 0.3) is 0 Å². The number of hydrogen-bond donors (Lipinski definition) is 0. The maximum Gasteiger partial charge on any atom is 0.306 e. The molecule has 0 bridgehead atoms. The second-order valence-electron chi connectivity index (χ2n) is 22.0. The number of ether oxygens (including phenoxy) is 3. The second kappa shape index (κ2) is 69.5. The molecule has 0 rings (SSSR count). The molecule has 6 nitrogen and oxygen atoms in total. The lowest BCUT2D eigenvalue weighted by Gasteiger charge is -2.18. The Bertz CT molecular complexity index is 1840. The first kappa shape index (κ1) is 78.0. The summed E-state index contributed by atoms with van der Waals surface area (Å²) in [6.07, 6.45) is 101. The van der Waals surface area contributed by atoms with Crippen LogP contribution in [0.4, 0.5) is 0 Å². The van der Waals surface area contributed by atoms with Gasteiger partial charge in [0.2, 0.25) is 0 Å². The van der Waals surface area contributed by atoms with Gasteiger partial charge in [-0.1, -0.05) is 301 Å². The van der Waals surface area contributed by atoms with Gasteiger partial charge in [-0.05, 0) is 128 Å². The molecule has 6 heteroatoms. The molecule has 0 aromatic rings. The monoisotopic (exact) mass is 1140 g/mol. The summed E-state index contributed by atoms with van der Waals surface area (Å²) in [6, 6.07) is 0. The third-order valence-corrected chi connectivity index (χ3v) is 14.0. The lowest BCUT2D eigenvalue weighted by atomic mass is 10.0. The van der Waals surface area contributed by atoms with Gasteiger partial charge in [0.25, 0.3) is 0 Å². The molecule has 83 heavy (non-hydrogen) atoms. The van der Waals surface area contributed by atoms with Gasteiger partial charge < -0.3 is 14.2 Å². The fraction of sp³-hybridized carbons (Fsp3) is 0.623. The van der Waals surface area contributed by atoms with Crippen molar-refractivity contribution in [3.05, 3.63) is 158 Å². The molecular formula is C77H124O6. The zero-order chi connectivity index (χ0) is 59.9. The number of hydrogen-bond acceptors (Lipinski definition) is 6. The minimum Gasteiger partial charge on any atom is -0.462 e. The molecule has 1 atom stereocenters. The summed E-state index contributed by atoms with van der Waals surface area (Å²) in [5.41, 5.74) is 0. The predicted molar refractivity (Wildman–Crippen MR) is 362 cm³/mol. The smallest absolute Gasteiger partial charge is 0.306 e. The summed E-state index contributed by atoms with van der Waals surface area (Å²) >= 11 is 0. The first-order valence-electron chi connectivity index (χ1n) is 34.0. The molecule has 0 N–H and O–H groups in total. The summed E-state index contributed by atoms with van der Waals surface area (Å²) in [7, 11) is 0. The van der Waals surface area contributed by atoms with Crippen LogP contribution < -0.4 is 0 Å². The Morgan fingerprint density at radius 2 is 0.470 bits per heavy atom. The summed E-state index contributed by atoms with van der Waals surface area (Å²) in [5.74, 6) is -0.927. The topological polar surface area (TPSA) is 78.9 Å². The number of carbonyl (C=O) groups is 3. The van der Waals surface area contributed by atoms with Crippen LogP contribution in [0.5, 0.6) is 0 Å². The molecule has 0 amide bonds. The molecule has 0 aliphatic carbocycles. The highest BCUT2D eigenvalue weighted by atomic mass is 16.6. The van der Waals surface area contributed by atoms with Crippen molar-refractivity contribution < 1.29 is 28.6 Å². The maximum absolute atomic E-state index is 12.9. The van der Waals surface area contributed by atoms with Gasteiger partial charge in [0.15, 0.2) is 6.10 Å². The molecule has 0 fully saturated rings. The third-order valence-electron chi connectivity index (χ3n) is 14.0. The largest absolute Gasteiger partial charge is 0.462 e. The average molecular weight is 1150 g/mol. The van der Waals surface area contributed by atoms with Crippen LogP contribution in [-0.4, -0.2) is 37.2 Å². The minimum atomic E-state index is -0.800. The maximum atomic E-state index is 12.9. The fourth-order valence-corrected chi connectivity index (χ4v) is 9.01. The van der Waals surface area contributed by atoms with Crippen molar-refractivity contribution in [1.29, 1.82) is 0 Å². The highest BCUT2D eigenvalue weighted by Gasteiger charge is 2.19. The summed E-state index contributed by atoms with van der Waals surface area (Å²) in [4.78, 5) is 38.3. The van der Waals surface area contributed by atoms with Crippen LogP contribution in [0.15, 0.2) is 158 Å². The molecule has 0 saturated carbocycles. The third kappa shape index (κ3) is 67.7. The Balaban J connectivity index is 4.34. The number of allylic oxidation sites excluding steroid dienone is 26. The Morgan fingerprint density at radius 1 is 0.253 bits per heavy atom. The van der Waals surface area contributed by atoms with Crippen molar-refractivity contribution in [2.75, 3.05) is 13.2 Å². The quantitative estimate of drug-likeness (QED) is 0.0261. The Morgan fingerprint density at radius 3 is 0.735 bits per heavy atom. The Hall–Kier alpha value is -4.97. The van der Waals surface area contributed by atoms with E-state index in [1.165, 1.54) is 89.9 Å². The standard InChI is InChI=1S/C77H124O6/c1-4-7-10-13-16-19-22-25-27-29-30-31-32-33-34-35-36-37-38-39-40-41-42-43-44-45-46-48-49-52-55-58-61-64-67-70-76(79)82-73-74(72-81-75(78)69-66-63-60-57-54-51-24-21-18-15-12-9-6-3)83-77(80)71-68-65-62-59-56-53-50-47-28-26-23-20-17-14-11-8-5-2/h7-8,10-11,16-17,19-20,25-28,30-31,33-34,36-37,39-40,42-43,45-46,49,52,74H,4-6,9,12-15,18,21-24,29,32,35,38,41,44,47-48,50-51,53-73H2,1-3H3/b10-7-,11-8-,19-16-,20-17-,27-25-,28-26-,31-30-,34-33-,37-36-,40-39-,43-42-,46-45-,52-49-. The Kier molecular flexibility index (Phi) is 65.4. The highest BCUT2D eigenvalue weighted by Crippen LogP contribution is 2.15. The molecule has 0 heterocycles. The molecular weight excluding hydrogens is 1020 g/mol. The minimum absolute atomic E-state index is 0.0929. The molecule has 1 unspecified atom stereocenters. The van der Waals surface area contributed by atoms with E-state index in [-0.39, 0.29) is 31.1 Å². The molecule has 0 aromatic heterocycles. The SMILES string of the molecule is CC/C=C\C/C=C\C/C=C\C/C=C\C/C=C\C/C=C\C/C=C\C/C=C\C/C=C\C/C=C\CCCCCCC(=O)OCC(COC(=O)CCCCCCCCCCCCCCC)OC(=O)CCCCCCCCC/C=C\C/C=C\C/C=C\CC. The van der Waals surface area contributed by atoms with Crippen molar-refractivity contribution in [2.45, 2.75) is 297 Å². The second-order valence-corrected chi connectivity index (χ2v) is 22.0. The van der Waals surface area contributed by atoms with Crippen LogP contribution in [0.1, 0.15) is 290 Å². The van der Waals surface area contributed by atoms with E-state index in [9.17, 15) is 14.4 Å². The van der Waals surface area contributed by atoms with Gasteiger partial charge >= 0.3 is 17.9 Å². The van der Waals surface area contributed by atoms with Gasteiger partial charge in [0.1, 0.15) is 13.2 Å². The zero-order valence-corrected chi connectivity index (χ0v) is 53.7. The number of esters is 3. The Labute approximate surface area is 511 Å². The molecule has 0 aliphatic rings. The van der Waals surface area contributed by atoms with E-state index in [1.54, 1.807) is 0 Å². The van der Waals surface area contributed by atoms with Gasteiger partial charge in [-0.15, -0.1) is 0 Å². The average Bonchev–Trinajstić information content (AvgIpc) is 3.49. The fourth-order valence-electron chi connectivity index (χ4n) is 9.01. The van der Waals surface area contributed by atoms with Gasteiger partial charge in [0.05, 0.1) is 0 Å². The summed E-state index contributed by atoms with van der Waals surface area (Å²) in [6.45, 7) is 6.39. The predicted octanol–water partition coefficient (Wildman–Crippen LogP) is 23.7. The number of rotatable bonds is 60. The summed E-state index contributed by atoms with van der Waals surface area (Å²) < 4.78 is 16.9.